The Balaban J connectivity index is 0.00000264. The Bertz CT molecular complexity index is 655. The predicted molar refractivity (Wildman–Crippen MR) is 90.8 cm³/mol. The molecule has 0 radical (unpaired) electrons. The van der Waals surface area contributed by atoms with Crippen LogP contribution in [-0.4, -0.2) is 15.0 Å². The van der Waals surface area contributed by atoms with Crippen molar-refractivity contribution in [3.8, 4) is 0 Å². The van der Waals surface area contributed by atoms with Crippen molar-refractivity contribution < 1.29 is 32.7 Å². The molecule has 1 heterocycles. The second-order valence-corrected chi connectivity index (χ2v) is 5.98. The first-order valence-electron chi connectivity index (χ1n) is 7.77. The molecular formula is C18H25N4Y+2. The first kappa shape index (κ1) is 20.0. The van der Waals surface area contributed by atoms with Gasteiger partial charge in [-0.15, -0.1) is 0 Å². The zero-order valence-electron chi connectivity index (χ0n) is 14.9. The maximum absolute atomic E-state index is 4.52. The van der Waals surface area contributed by atoms with Gasteiger partial charge in [0.25, 0.3) is 0 Å². The van der Waals surface area contributed by atoms with Crippen LogP contribution in [0.2, 0.25) is 0 Å². The van der Waals surface area contributed by atoms with Crippen LogP contribution in [0.15, 0.2) is 18.2 Å². The number of hydrogen-bond acceptors (Lipinski definition) is 4. The van der Waals surface area contributed by atoms with Gasteiger partial charge in [0.1, 0.15) is 5.82 Å². The molecule has 0 saturated heterocycles. The molecule has 118 valence electrons. The van der Waals surface area contributed by atoms with E-state index in [1.165, 1.54) is 16.7 Å². The number of benzene rings is 1. The maximum atomic E-state index is 4.52. The Morgan fingerprint density at radius 2 is 1.74 bits per heavy atom. The summed E-state index contributed by atoms with van der Waals surface area (Å²) in [5.41, 5.74) is 3.89. The average Bonchev–Trinajstić information content (AvgIpc) is 2.47. The molecule has 0 fully saturated rings. The minimum absolute atomic E-state index is 0. The zero-order valence-corrected chi connectivity index (χ0v) is 17.8. The number of rotatable bonds is 5. The largest absolute Gasteiger partial charge is 3.00 e. The van der Waals surface area contributed by atoms with Gasteiger partial charge >= 0.3 is 32.7 Å². The van der Waals surface area contributed by atoms with Gasteiger partial charge in [0, 0.05) is 5.82 Å². The molecule has 1 N–H and O–H groups in total. The first-order valence-corrected chi connectivity index (χ1v) is 7.77. The Kier molecular flexibility index (Phi) is 7.62. The van der Waals surface area contributed by atoms with E-state index in [2.05, 4.69) is 59.2 Å². The summed E-state index contributed by atoms with van der Waals surface area (Å²) in [7, 11) is 0. The Hall–Kier alpha value is -0.996. The van der Waals surface area contributed by atoms with E-state index in [1.807, 2.05) is 20.8 Å². The van der Waals surface area contributed by atoms with E-state index in [4.69, 9.17) is 0 Å². The van der Waals surface area contributed by atoms with E-state index in [1.54, 1.807) is 0 Å². The summed E-state index contributed by atoms with van der Waals surface area (Å²) in [5.74, 6) is 3.23. The predicted octanol–water partition coefficient (Wildman–Crippen LogP) is 4.32. The Morgan fingerprint density at radius 1 is 1.04 bits per heavy atom. The van der Waals surface area contributed by atoms with Crippen molar-refractivity contribution in [2.24, 2.45) is 0 Å². The van der Waals surface area contributed by atoms with Crippen LogP contribution in [0, 0.1) is 26.7 Å². The molecule has 1 unspecified atom stereocenters. The molecule has 1 aromatic heterocycles. The van der Waals surface area contributed by atoms with Crippen molar-refractivity contribution in [3.05, 3.63) is 52.5 Å². The minimum atomic E-state index is 0. The number of nitrogens with zero attached hydrogens (tertiary/aromatic N) is 3. The summed E-state index contributed by atoms with van der Waals surface area (Å²) in [6, 6.07) is 6.78. The van der Waals surface area contributed by atoms with E-state index in [0.29, 0.717) is 5.95 Å². The van der Waals surface area contributed by atoms with E-state index in [-0.39, 0.29) is 38.8 Å². The molecule has 4 nitrogen and oxygen atoms in total. The summed E-state index contributed by atoms with van der Waals surface area (Å²) >= 11 is 0. The molecule has 23 heavy (non-hydrogen) atoms. The third-order valence-electron chi connectivity index (χ3n) is 3.84. The van der Waals surface area contributed by atoms with E-state index < -0.39 is 0 Å². The summed E-state index contributed by atoms with van der Waals surface area (Å²) in [6.07, 6.45) is 0.970. The molecule has 0 aliphatic carbocycles. The molecule has 0 bridgehead atoms. The topological polar surface area (TPSA) is 50.7 Å². The second-order valence-electron chi connectivity index (χ2n) is 5.98. The van der Waals surface area contributed by atoms with Crippen LogP contribution >= 0.6 is 0 Å². The molecule has 0 aliphatic heterocycles. The number of hydrogen-bond donors (Lipinski definition) is 1. The van der Waals surface area contributed by atoms with Crippen LogP contribution < -0.4 is 5.32 Å². The first-order chi connectivity index (χ1) is 10.4. The summed E-state index contributed by atoms with van der Waals surface area (Å²) in [4.78, 5) is 13.3. The molecule has 0 spiro atoms. The van der Waals surface area contributed by atoms with Crippen molar-refractivity contribution in [2.75, 3.05) is 5.32 Å². The fraction of sp³-hybridized carbons (Fsp3) is 0.444. The molecule has 2 aromatic rings. The zero-order chi connectivity index (χ0) is 16.3. The maximum Gasteiger partial charge on any atom is 3.00 e. The van der Waals surface area contributed by atoms with Crippen molar-refractivity contribution in [1.29, 1.82) is 0 Å². The fourth-order valence-electron chi connectivity index (χ4n) is 2.33. The molecule has 0 aliphatic rings. The molecule has 0 saturated carbocycles. The Labute approximate surface area is 164 Å². The van der Waals surface area contributed by atoms with Gasteiger partial charge in [-0.3, -0.25) is 4.98 Å². The van der Waals surface area contributed by atoms with Gasteiger partial charge in [0.05, 0.1) is 6.04 Å². The molecule has 1 aromatic carbocycles. The van der Waals surface area contributed by atoms with Gasteiger partial charge in [-0.2, -0.15) is 18.8 Å². The van der Waals surface area contributed by atoms with Gasteiger partial charge in [-0.25, -0.2) is 4.98 Å². The van der Waals surface area contributed by atoms with Crippen LogP contribution in [0.4, 0.5) is 5.95 Å². The number of anilines is 1. The smallest absolute Gasteiger partial charge is 0.347 e. The van der Waals surface area contributed by atoms with E-state index in [0.717, 1.165) is 24.0 Å². The minimum Gasteiger partial charge on any atom is -0.347 e. The summed E-state index contributed by atoms with van der Waals surface area (Å²) < 4.78 is 0. The van der Waals surface area contributed by atoms with Gasteiger partial charge in [0.15, 0.2) is 0 Å². The molecule has 1 atom stereocenters. The van der Waals surface area contributed by atoms with Crippen LogP contribution in [0.25, 0.3) is 0 Å². The third kappa shape index (κ3) is 5.25. The molecule has 5 heteroatoms. The number of aromatic nitrogens is 3. The van der Waals surface area contributed by atoms with Crippen molar-refractivity contribution in [3.63, 3.8) is 0 Å². The van der Waals surface area contributed by atoms with Crippen LogP contribution in [0.5, 0.6) is 0 Å². The fourth-order valence-corrected chi connectivity index (χ4v) is 2.33. The van der Waals surface area contributed by atoms with Crippen molar-refractivity contribution in [1.82, 2.24) is 15.0 Å². The van der Waals surface area contributed by atoms with Crippen LogP contribution in [0.3, 0.4) is 0 Å². The molecule has 0 amide bonds. The Morgan fingerprint density at radius 3 is 2.30 bits per heavy atom. The average molecular weight is 386 g/mol. The standard InChI is InChI=1S/C18H25N4.Y/c1-7-16(15-9-8-12(4)13(5)10-15)21-18-20-14(6)19-17(22-18)11(2)3;/h8-10,16H,7H2,1-6H3,(H,19,20,21,22);/q-1;+3. The van der Waals surface area contributed by atoms with Gasteiger partial charge < -0.3 is 11.2 Å². The SMILES string of the molecule is CCC(Nc1nc(C)nc([C-](C)C)n1)c1ccc(C)c(C)c1.[Y+3]. The van der Waals surface area contributed by atoms with Crippen molar-refractivity contribution >= 4 is 5.95 Å². The van der Waals surface area contributed by atoms with Gasteiger partial charge in [-0.05, 0) is 43.9 Å². The van der Waals surface area contributed by atoms with Gasteiger partial charge in [0.2, 0.25) is 5.95 Å². The van der Waals surface area contributed by atoms with Crippen molar-refractivity contribution in [2.45, 2.75) is 54.0 Å². The van der Waals surface area contributed by atoms with Crippen LogP contribution in [-0.2, 0) is 32.7 Å². The van der Waals surface area contributed by atoms with E-state index in [9.17, 15) is 0 Å². The summed E-state index contributed by atoms with van der Waals surface area (Å²) in [5, 5.41) is 3.45. The number of nitrogens with one attached hydrogen (secondary N) is 1. The van der Waals surface area contributed by atoms with Crippen LogP contribution in [0.1, 0.15) is 61.6 Å². The van der Waals surface area contributed by atoms with E-state index >= 15 is 0 Å². The monoisotopic (exact) mass is 386 g/mol. The second kappa shape index (κ2) is 8.74. The molecular weight excluding hydrogens is 361 g/mol. The molecule has 2 rings (SSSR count). The van der Waals surface area contributed by atoms with Gasteiger partial charge in [-0.1, -0.05) is 25.1 Å². The quantitative estimate of drug-likeness (QED) is 0.778. The third-order valence-corrected chi connectivity index (χ3v) is 3.84. The number of aryl methyl sites for hydroxylation is 3. The normalized spacial score (nSPS) is 11.6. The summed E-state index contributed by atoms with van der Waals surface area (Å²) in [6.45, 7) is 12.4.